The molecule has 1 fully saturated rings. The van der Waals surface area contributed by atoms with Crippen molar-refractivity contribution in [2.24, 2.45) is 0 Å². The number of rotatable bonds is 2. The highest BCUT2D eigenvalue weighted by atomic mass is 32.1. The Morgan fingerprint density at radius 1 is 1.19 bits per heavy atom. The van der Waals surface area contributed by atoms with Crippen molar-refractivity contribution in [3.8, 4) is 0 Å². The fraction of sp³-hybridized carbons (Fsp3) is 0.450. The van der Waals surface area contributed by atoms with E-state index in [0.29, 0.717) is 18.2 Å². The minimum absolute atomic E-state index is 0.00598. The standard InChI is InChI=1S/C20H21N3O2S/c24-20(18-14-7-1-2-8-15(14)22-25-18)23-11-5-6-13(12-23)19-21-16-9-3-4-10-17(16)26-19/h3-4,9-10,13H,1-2,5-8,11-12H2. The number of piperidine rings is 1. The van der Waals surface area contributed by atoms with Crippen LogP contribution in [0.4, 0.5) is 0 Å². The average molecular weight is 367 g/mol. The first-order valence-corrected chi connectivity index (χ1v) is 10.2. The Hall–Kier alpha value is -2.21. The molecule has 5 nitrogen and oxygen atoms in total. The number of fused-ring (bicyclic) bond motifs is 2. The Morgan fingerprint density at radius 3 is 3.00 bits per heavy atom. The van der Waals surface area contributed by atoms with E-state index < -0.39 is 0 Å². The molecule has 6 heteroatoms. The first kappa shape index (κ1) is 16.0. The third kappa shape index (κ3) is 2.72. The molecule has 0 N–H and O–H groups in total. The highest BCUT2D eigenvalue weighted by Crippen LogP contribution is 2.34. The lowest BCUT2D eigenvalue weighted by atomic mass is 9.94. The zero-order valence-corrected chi connectivity index (χ0v) is 15.4. The van der Waals surface area contributed by atoms with E-state index in [9.17, 15) is 4.79 Å². The zero-order chi connectivity index (χ0) is 17.5. The molecular weight excluding hydrogens is 346 g/mol. The summed E-state index contributed by atoms with van der Waals surface area (Å²) in [7, 11) is 0. The maximum Gasteiger partial charge on any atom is 0.292 e. The molecule has 26 heavy (non-hydrogen) atoms. The minimum Gasteiger partial charge on any atom is -0.350 e. The Bertz CT molecular complexity index is 928. The Balaban J connectivity index is 1.38. The molecule has 5 rings (SSSR count). The number of aromatic nitrogens is 2. The number of amides is 1. The highest BCUT2D eigenvalue weighted by Gasteiger charge is 2.32. The van der Waals surface area contributed by atoms with E-state index >= 15 is 0 Å². The van der Waals surface area contributed by atoms with Gasteiger partial charge in [0, 0.05) is 24.6 Å². The van der Waals surface area contributed by atoms with Crippen LogP contribution in [0.1, 0.15) is 58.4 Å². The van der Waals surface area contributed by atoms with E-state index in [1.54, 1.807) is 11.3 Å². The number of thiazole rings is 1. The van der Waals surface area contributed by atoms with Crippen LogP contribution < -0.4 is 0 Å². The van der Waals surface area contributed by atoms with Crippen LogP contribution in [0.5, 0.6) is 0 Å². The quantitative estimate of drug-likeness (QED) is 0.682. The lowest BCUT2D eigenvalue weighted by molar-refractivity contribution is 0.0663. The number of likely N-dealkylation sites (tertiary alicyclic amines) is 1. The van der Waals surface area contributed by atoms with Crippen molar-refractivity contribution >= 4 is 27.5 Å². The molecule has 1 saturated heterocycles. The van der Waals surface area contributed by atoms with Crippen molar-refractivity contribution in [3.63, 3.8) is 0 Å². The summed E-state index contributed by atoms with van der Waals surface area (Å²) < 4.78 is 6.69. The molecule has 3 heterocycles. The first-order valence-electron chi connectivity index (χ1n) is 9.42. The van der Waals surface area contributed by atoms with Gasteiger partial charge in [-0.15, -0.1) is 11.3 Å². The Labute approximate surface area is 156 Å². The summed E-state index contributed by atoms with van der Waals surface area (Å²) in [5.74, 6) is 0.792. The van der Waals surface area contributed by atoms with Crippen LogP contribution in [0.3, 0.4) is 0 Å². The van der Waals surface area contributed by atoms with Gasteiger partial charge in [0.05, 0.1) is 20.9 Å². The lowest BCUT2D eigenvalue weighted by Crippen LogP contribution is -2.39. The van der Waals surface area contributed by atoms with Gasteiger partial charge in [-0.1, -0.05) is 17.3 Å². The number of aryl methyl sites for hydroxylation is 1. The largest absolute Gasteiger partial charge is 0.350 e. The third-order valence-electron chi connectivity index (χ3n) is 5.52. The molecule has 0 bridgehead atoms. The molecule has 1 atom stereocenters. The van der Waals surface area contributed by atoms with Crippen LogP contribution in [0.15, 0.2) is 28.8 Å². The second-order valence-corrected chi connectivity index (χ2v) is 8.32. The predicted octanol–water partition coefficient (Wildman–Crippen LogP) is 4.18. The van der Waals surface area contributed by atoms with E-state index in [1.807, 2.05) is 17.0 Å². The maximum absolute atomic E-state index is 13.1. The Kier molecular flexibility index (Phi) is 4.00. The monoisotopic (exact) mass is 367 g/mol. The normalized spacial score (nSPS) is 20.3. The van der Waals surface area contributed by atoms with Crippen molar-refractivity contribution in [1.29, 1.82) is 0 Å². The summed E-state index contributed by atoms with van der Waals surface area (Å²) in [6.45, 7) is 1.50. The van der Waals surface area contributed by atoms with Gasteiger partial charge in [-0.05, 0) is 50.7 Å². The van der Waals surface area contributed by atoms with Gasteiger partial charge in [0.15, 0.2) is 0 Å². The molecular formula is C20H21N3O2S. The van der Waals surface area contributed by atoms with E-state index in [4.69, 9.17) is 9.51 Å². The van der Waals surface area contributed by atoms with E-state index in [0.717, 1.165) is 66.9 Å². The summed E-state index contributed by atoms with van der Waals surface area (Å²) >= 11 is 1.75. The fourth-order valence-corrected chi connectivity index (χ4v) is 5.22. The highest BCUT2D eigenvalue weighted by molar-refractivity contribution is 7.18. The van der Waals surface area contributed by atoms with Gasteiger partial charge in [-0.3, -0.25) is 4.79 Å². The van der Waals surface area contributed by atoms with Gasteiger partial charge in [-0.2, -0.15) is 0 Å². The third-order valence-corrected chi connectivity index (χ3v) is 6.72. The number of carbonyl (C=O) groups excluding carboxylic acids is 1. The Morgan fingerprint density at radius 2 is 2.08 bits per heavy atom. The zero-order valence-electron chi connectivity index (χ0n) is 14.6. The molecule has 134 valence electrons. The van der Waals surface area contributed by atoms with Crippen molar-refractivity contribution in [2.75, 3.05) is 13.1 Å². The predicted molar refractivity (Wildman–Crippen MR) is 101 cm³/mol. The molecule has 0 saturated carbocycles. The van der Waals surface area contributed by atoms with Crippen molar-refractivity contribution in [1.82, 2.24) is 15.0 Å². The average Bonchev–Trinajstić information content (AvgIpc) is 3.32. The summed E-state index contributed by atoms with van der Waals surface area (Å²) in [5.41, 5.74) is 3.09. The van der Waals surface area contributed by atoms with Crippen LogP contribution in [-0.4, -0.2) is 34.0 Å². The summed E-state index contributed by atoms with van der Waals surface area (Å²) in [6, 6.07) is 8.24. The maximum atomic E-state index is 13.1. The van der Waals surface area contributed by atoms with Crippen molar-refractivity contribution in [2.45, 2.75) is 44.4 Å². The molecule has 0 spiro atoms. The number of hydrogen-bond donors (Lipinski definition) is 0. The van der Waals surface area contributed by atoms with Crippen LogP contribution in [0.25, 0.3) is 10.2 Å². The number of benzene rings is 1. The molecule has 3 aromatic rings. The molecule has 1 aromatic carbocycles. The fourth-order valence-electron chi connectivity index (χ4n) is 4.13. The number of para-hydroxylation sites is 1. The molecule has 0 radical (unpaired) electrons. The smallest absolute Gasteiger partial charge is 0.292 e. The van der Waals surface area contributed by atoms with Gasteiger partial charge in [0.1, 0.15) is 0 Å². The van der Waals surface area contributed by atoms with Crippen LogP contribution in [0, 0.1) is 0 Å². The summed E-state index contributed by atoms with van der Waals surface area (Å²) in [4.78, 5) is 19.8. The van der Waals surface area contributed by atoms with Gasteiger partial charge in [0.2, 0.25) is 5.76 Å². The first-order chi connectivity index (χ1) is 12.8. The second-order valence-electron chi connectivity index (χ2n) is 7.25. The van der Waals surface area contributed by atoms with Crippen LogP contribution in [0.2, 0.25) is 0 Å². The van der Waals surface area contributed by atoms with Crippen LogP contribution in [-0.2, 0) is 12.8 Å². The molecule has 1 aliphatic carbocycles. The SMILES string of the molecule is O=C(c1onc2c1CCCC2)N1CCCC(c2nc3ccccc3s2)C1. The molecule has 2 aliphatic rings. The minimum atomic E-state index is 0.00598. The van der Waals surface area contributed by atoms with Gasteiger partial charge < -0.3 is 9.42 Å². The van der Waals surface area contributed by atoms with E-state index in [2.05, 4.69) is 17.3 Å². The van der Waals surface area contributed by atoms with Crippen molar-refractivity contribution in [3.05, 3.63) is 46.3 Å². The topological polar surface area (TPSA) is 59.2 Å². The molecule has 1 aliphatic heterocycles. The number of hydrogen-bond acceptors (Lipinski definition) is 5. The number of nitrogens with zero attached hydrogens (tertiary/aromatic N) is 3. The van der Waals surface area contributed by atoms with Gasteiger partial charge in [0.25, 0.3) is 5.91 Å². The molecule has 1 unspecified atom stereocenters. The van der Waals surface area contributed by atoms with E-state index in [-0.39, 0.29) is 5.91 Å². The van der Waals surface area contributed by atoms with E-state index in [1.165, 1.54) is 4.70 Å². The van der Waals surface area contributed by atoms with Crippen molar-refractivity contribution < 1.29 is 9.32 Å². The second kappa shape index (κ2) is 6.50. The van der Waals surface area contributed by atoms with Gasteiger partial charge >= 0.3 is 0 Å². The molecule has 2 aromatic heterocycles. The number of carbonyl (C=O) groups is 1. The lowest BCUT2D eigenvalue weighted by Gasteiger charge is -2.31. The molecule has 1 amide bonds. The summed E-state index contributed by atoms with van der Waals surface area (Å²) in [6.07, 6.45) is 6.18. The summed E-state index contributed by atoms with van der Waals surface area (Å²) in [5, 5.41) is 5.29. The van der Waals surface area contributed by atoms with Crippen LogP contribution >= 0.6 is 11.3 Å². The van der Waals surface area contributed by atoms with Gasteiger partial charge in [-0.25, -0.2) is 4.98 Å².